The van der Waals surface area contributed by atoms with Crippen LogP contribution in [0.5, 0.6) is 5.88 Å². The maximum Gasteiger partial charge on any atom is 0.232 e. The zero-order valence-corrected chi connectivity index (χ0v) is 19.5. The van der Waals surface area contributed by atoms with Crippen LogP contribution in [-0.2, 0) is 21.4 Å². The number of thioether (sulfide) groups is 1. The molecular formula is C23H24F2N4O4S. The first-order chi connectivity index (χ1) is 16.2. The van der Waals surface area contributed by atoms with Gasteiger partial charge in [-0.05, 0) is 31.0 Å². The summed E-state index contributed by atoms with van der Waals surface area (Å²) in [5.74, 6) is -2.18. The Morgan fingerprint density at radius 1 is 1.29 bits per heavy atom. The highest BCUT2D eigenvalue weighted by atomic mass is 32.2. The number of Topliss-reactive ketones (excluding diaryl/α,β-unsaturated/α-hetero) is 1. The highest BCUT2D eigenvalue weighted by molar-refractivity contribution is 8.15. The molecule has 1 aromatic carbocycles. The van der Waals surface area contributed by atoms with Crippen molar-refractivity contribution in [3.05, 3.63) is 53.0 Å². The van der Waals surface area contributed by atoms with E-state index in [4.69, 9.17) is 19.9 Å². The van der Waals surface area contributed by atoms with E-state index < -0.39 is 17.2 Å². The molecule has 1 saturated carbocycles. The van der Waals surface area contributed by atoms with Gasteiger partial charge in [-0.3, -0.25) is 9.79 Å². The van der Waals surface area contributed by atoms with Gasteiger partial charge in [0.25, 0.3) is 0 Å². The molecule has 1 saturated heterocycles. The second kappa shape index (κ2) is 8.54. The lowest BCUT2D eigenvalue weighted by Crippen LogP contribution is -2.38. The van der Waals surface area contributed by atoms with Crippen LogP contribution < -0.4 is 10.5 Å². The van der Waals surface area contributed by atoms with Crippen molar-refractivity contribution in [1.82, 2.24) is 9.97 Å². The van der Waals surface area contributed by atoms with Crippen LogP contribution in [0.25, 0.3) is 0 Å². The normalized spacial score (nSPS) is 28.0. The molecule has 1 aromatic heterocycles. The van der Waals surface area contributed by atoms with Crippen molar-refractivity contribution < 1.29 is 27.8 Å². The van der Waals surface area contributed by atoms with Gasteiger partial charge in [0.05, 0.1) is 42.5 Å². The molecule has 0 spiro atoms. The SMILES string of the molecule is COC[C@]12C[C@H]1[C@@](C)(c1cc(CC(=O)c3cnc(OC4COC4)cn3)cc(F)c1F)N=C(N)S2. The number of aliphatic imine (C=N–C) groups is 1. The van der Waals surface area contributed by atoms with Crippen LogP contribution in [0.1, 0.15) is 35.0 Å². The van der Waals surface area contributed by atoms with Gasteiger partial charge in [0, 0.05) is 25.0 Å². The summed E-state index contributed by atoms with van der Waals surface area (Å²) in [6.45, 7) is 3.16. The van der Waals surface area contributed by atoms with E-state index >= 15 is 4.39 Å². The summed E-state index contributed by atoms with van der Waals surface area (Å²) >= 11 is 1.42. The van der Waals surface area contributed by atoms with E-state index in [1.54, 1.807) is 14.0 Å². The fraction of sp³-hybridized carbons (Fsp3) is 0.478. The predicted octanol–water partition coefficient (Wildman–Crippen LogP) is 2.64. The Morgan fingerprint density at radius 2 is 2.09 bits per heavy atom. The Hall–Kier alpha value is -2.63. The minimum absolute atomic E-state index is 0.0678. The van der Waals surface area contributed by atoms with E-state index in [2.05, 4.69) is 15.0 Å². The van der Waals surface area contributed by atoms with Gasteiger partial charge in [-0.15, -0.1) is 0 Å². The van der Waals surface area contributed by atoms with E-state index in [9.17, 15) is 9.18 Å². The Morgan fingerprint density at radius 3 is 2.74 bits per heavy atom. The minimum Gasteiger partial charge on any atom is -0.468 e. The van der Waals surface area contributed by atoms with Crippen LogP contribution in [0, 0.1) is 17.6 Å². The van der Waals surface area contributed by atoms with Gasteiger partial charge in [-0.25, -0.2) is 18.7 Å². The van der Waals surface area contributed by atoms with Crippen molar-refractivity contribution in [3.8, 4) is 5.88 Å². The number of ether oxygens (including phenoxy) is 3. The molecule has 3 atom stereocenters. The van der Waals surface area contributed by atoms with E-state index in [0.29, 0.717) is 42.9 Å². The number of carbonyl (C=O) groups is 1. The van der Waals surface area contributed by atoms with Crippen molar-refractivity contribution in [2.45, 2.75) is 36.2 Å². The lowest BCUT2D eigenvalue weighted by molar-refractivity contribution is -0.0814. The molecular weight excluding hydrogens is 466 g/mol. The Kier molecular flexibility index (Phi) is 5.81. The zero-order valence-electron chi connectivity index (χ0n) is 18.7. The Balaban J connectivity index is 1.38. The fourth-order valence-corrected chi connectivity index (χ4v) is 6.15. The Labute approximate surface area is 199 Å². The van der Waals surface area contributed by atoms with Crippen LogP contribution in [-0.4, -0.2) is 58.7 Å². The molecule has 0 bridgehead atoms. The molecule has 2 N–H and O–H groups in total. The number of carbonyl (C=O) groups excluding carboxylic acids is 1. The van der Waals surface area contributed by atoms with Crippen molar-refractivity contribution >= 4 is 22.7 Å². The second-order valence-electron chi connectivity index (χ2n) is 9.01. The maximum atomic E-state index is 15.0. The zero-order chi connectivity index (χ0) is 24.1. The van der Waals surface area contributed by atoms with Gasteiger partial charge >= 0.3 is 0 Å². The molecule has 5 rings (SSSR count). The van der Waals surface area contributed by atoms with Crippen LogP contribution in [0.4, 0.5) is 8.78 Å². The van der Waals surface area contributed by atoms with Gasteiger partial charge in [-0.2, -0.15) is 0 Å². The number of halogens is 2. The van der Waals surface area contributed by atoms with Crippen LogP contribution >= 0.6 is 11.8 Å². The number of benzene rings is 1. The van der Waals surface area contributed by atoms with Gasteiger partial charge in [0.1, 0.15) is 11.8 Å². The van der Waals surface area contributed by atoms with Crippen molar-refractivity contribution in [3.63, 3.8) is 0 Å². The fourth-order valence-electron chi connectivity index (χ4n) is 4.69. The maximum absolute atomic E-state index is 15.0. The number of fused-ring (bicyclic) bond motifs is 1. The number of nitrogens with zero attached hydrogens (tertiary/aromatic N) is 3. The summed E-state index contributed by atoms with van der Waals surface area (Å²) in [7, 11) is 1.60. The molecule has 34 heavy (non-hydrogen) atoms. The van der Waals surface area contributed by atoms with Crippen LogP contribution in [0.2, 0.25) is 0 Å². The van der Waals surface area contributed by atoms with E-state index in [-0.39, 0.29) is 40.2 Å². The lowest BCUT2D eigenvalue weighted by atomic mass is 9.84. The number of hydrogen-bond donors (Lipinski definition) is 1. The molecule has 180 valence electrons. The van der Waals surface area contributed by atoms with Crippen molar-refractivity contribution in [2.24, 2.45) is 16.6 Å². The largest absolute Gasteiger partial charge is 0.468 e. The summed E-state index contributed by atoms with van der Waals surface area (Å²) < 4.78 is 45.3. The molecule has 11 heteroatoms. The number of rotatable bonds is 8. The van der Waals surface area contributed by atoms with E-state index in [1.807, 2.05) is 0 Å². The number of nitrogens with two attached hydrogens (primary N) is 1. The molecule has 3 aliphatic rings. The number of methoxy groups -OCH3 is 1. The quantitative estimate of drug-likeness (QED) is 0.563. The molecule has 8 nitrogen and oxygen atoms in total. The summed E-state index contributed by atoms with van der Waals surface area (Å²) in [6.07, 6.45) is 3.15. The third-order valence-electron chi connectivity index (χ3n) is 6.55. The highest BCUT2D eigenvalue weighted by Gasteiger charge is 2.66. The Bertz CT molecular complexity index is 1160. The predicted molar refractivity (Wildman–Crippen MR) is 121 cm³/mol. The first-order valence-corrected chi connectivity index (χ1v) is 11.7. The van der Waals surface area contributed by atoms with E-state index in [1.165, 1.54) is 30.2 Å². The molecule has 0 unspecified atom stereocenters. The molecule has 0 amide bonds. The lowest BCUT2D eigenvalue weighted by Gasteiger charge is -2.34. The summed E-state index contributed by atoms with van der Waals surface area (Å²) in [5.41, 5.74) is 5.51. The number of hydrogen-bond acceptors (Lipinski definition) is 9. The highest BCUT2D eigenvalue weighted by Crippen LogP contribution is 2.66. The average molecular weight is 491 g/mol. The van der Waals surface area contributed by atoms with Crippen molar-refractivity contribution in [1.29, 1.82) is 0 Å². The molecule has 2 aromatic rings. The summed E-state index contributed by atoms with van der Waals surface area (Å²) in [5, 5.41) is 0.306. The third-order valence-corrected chi connectivity index (χ3v) is 7.82. The molecule has 2 aliphatic heterocycles. The summed E-state index contributed by atoms with van der Waals surface area (Å²) in [6, 6.07) is 2.53. The molecule has 2 fully saturated rings. The first kappa shape index (κ1) is 23.1. The van der Waals surface area contributed by atoms with Crippen LogP contribution in [0.15, 0.2) is 29.5 Å². The molecule has 0 radical (unpaired) electrons. The monoisotopic (exact) mass is 490 g/mol. The molecule has 1 aliphatic carbocycles. The molecule has 3 heterocycles. The standard InChI is InChI=1S/C23H24F2N4O4S/c1-22(18-6-23(18,11-31-2)34-21(26)29-22)14-3-12(4-15(24)20(14)25)5-17(30)16-7-28-19(8-27-16)33-13-9-32-10-13/h3-4,7-8,13,18H,5-6,9-11H2,1-2H3,(H2,26,29)/t18-,22+,23+/m0/s1. The number of ketones is 1. The topological polar surface area (TPSA) is 109 Å². The van der Waals surface area contributed by atoms with E-state index in [0.717, 1.165) is 6.07 Å². The smallest absolute Gasteiger partial charge is 0.232 e. The van der Waals surface area contributed by atoms with Gasteiger partial charge in [-0.1, -0.05) is 11.8 Å². The average Bonchev–Trinajstić information content (AvgIpc) is 3.48. The second-order valence-corrected chi connectivity index (χ2v) is 10.4. The third kappa shape index (κ3) is 4.05. The van der Waals surface area contributed by atoms with Crippen molar-refractivity contribution in [2.75, 3.05) is 26.9 Å². The summed E-state index contributed by atoms with van der Waals surface area (Å²) in [4.78, 5) is 25.5. The number of amidine groups is 1. The van der Waals surface area contributed by atoms with Gasteiger partial charge in [0.15, 0.2) is 22.6 Å². The van der Waals surface area contributed by atoms with Gasteiger partial charge in [0.2, 0.25) is 5.88 Å². The van der Waals surface area contributed by atoms with Gasteiger partial charge < -0.3 is 19.9 Å². The number of aromatic nitrogens is 2. The van der Waals surface area contributed by atoms with Crippen LogP contribution in [0.3, 0.4) is 0 Å². The minimum atomic E-state index is -1.07. The first-order valence-electron chi connectivity index (χ1n) is 10.9.